The van der Waals surface area contributed by atoms with Crippen molar-refractivity contribution in [3.63, 3.8) is 0 Å². The van der Waals surface area contributed by atoms with E-state index in [1.54, 1.807) is 30.3 Å². The molecule has 0 saturated carbocycles. The van der Waals surface area contributed by atoms with Crippen molar-refractivity contribution in [1.82, 2.24) is 0 Å². The predicted octanol–water partition coefficient (Wildman–Crippen LogP) is 3.32. The molecule has 0 amide bonds. The van der Waals surface area contributed by atoms with Gasteiger partial charge in [0.25, 0.3) is 0 Å². The molecule has 0 aliphatic rings. The number of para-hydroxylation sites is 1. The van der Waals surface area contributed by atoms with Crippen LogP contribution >= 0.6 is 15.9 Å². The Balaban J connectivity index is 2.11. The van der Waals surface area contributed by atoms with Gasteiger partial charge in [-0.2, -0.15) is 0 Å². The molecule has 1 N–H and O–H groups in total. The minimum Gasteiger partial charge on any atom is -0.485 e. The summed E-state index contributed by atoms with van der Waals surface area (Å²) in [4.78, 5) is 10.9. The van der Waals surface area contributed by atoms with E-state index >= 15 is 0 Å². The highest BCUT2D eigenvalue weighted by Gasteiger charge is 2.10. The Kier molecular flexibility index (Phi) is 3.49. The van der Waals surface area contributed by atoms with Crippen LogP contribution in [0.4, 0.5) is 0 Å². The van der Waals surface area contributed by atoms with Crippen LogP contribution in [0.3, 0.4) is 0 Å². The fourth-order valence-electron chi connectivity index (χ4n) is 1.35. The summed E-state index contributed by atoms with van der Waals surface area (Å²) in [5.74, 6) is -0.0641. The van der Waals surface area contributed by atoms with Crippen LogP contribution in [0.1, 0.15) is 16.1 Å². The van der Waals surface area contributed by atoms with Gasteiger partial charge in [-0.3, -0.25) is 0 Å². The molecular weight excluding hydrogens is 288 g/mol. The Bertz CT molecular complexity index is 533. The smallest absolute Gasteiger partial charge is 0.339 e. The SMILES string of the molecule is O=C(O)c1ccccc1OCc1ccc(Br)o1. The van der Waals surface area contributed by atoms with Gasteiger partial charge in [0.05, 0.1) is 0 Å². The van der Waals surface area contributed by atoms with E-state index in [-0.39, 0.29) is 12.2 Å². The molecule has 0 unspecified atom stereocenters. The summed E-state index contributed by atoms with van der Waals surface area (Å²) in [7, 11) is 0. The van der Waals surface area contributed by atoms with E-state index in [0.717, 1.165) is 0 Å². The first-order valence-corrected chi connectivity index (χ1v) is 5.65. The molecule has 1 heterocycles. The highest BCUT2D eigenvalue weighted by Crippen LogP contribution is 2.20. The van der Waals surface area contributed by atoms with Gasteiger partial charge in [0.15, 0.2) is 4.67 Å². The van der Waals surface area contributed by atoms with Gasteiger partial charge in [0, 0.05) is 0 Å². The van der Waals surface area contributed by atoms with E-state index in [0.29, 0.717) is 16.2 Å². The van der Waals surface area contributed by atoms with Crippen molar-refractivity contribution < 1.29 is 19.1 Å². The number of rotatable bonds is 4. The van der Waals surface area contributed by atoms with Crippen molar-refractivity contribution in [1.29, 1.82) is 0 Å². The standard InChI is InChI=1S/C12H9BrO4/c13-11-6-5-8(17-11)7-16-10-4-2-1-3-9(10)12(14)15/h1-6H,7H2,(H,14,15). The Morgan fingerprint density at radius 2 is 2.06 bits per heavy atom. The second kappa shape index (κ2) is 5.05. The van der Waals surface area contributed by atoms with Gasteiger partial charge in [-0.1, -0.05) is 12.1 Å². The fraction of sp³-hybridized carbons (Fsp3) is 0.0833. The molecule has 5 heteroatoms. The summed E-state index contributed by atoms with van der Waals surface area (Å²) in [6.07, 6.45) is 0. The largest absolute Gasteiger partial charge is 0.485 e. The molecule has 0 aliphatic carbocycles. The number of hydrogen-bond acceptors (Lipinski definition) is 3. The first kappa shape index (κ1) is 11.7. The number of carboxylic acids is 1. The lowest BCUT2D eigenvalue weighted by atomic mass is 10.2. The number of carboxylic acid groups (broad SMARTS) is 1. The molecular formula is C12H9BrO4. The van der Waals surface area contributed by atoms with Crippen molar-refractivity contribution in [3.8, 4) is 5.75 Å². The molecule has 0 spiro atoms. The lowest BCUT2D eigenvalue weighted by molar-refractivity contribution is 0.0691. The molecule has 0 aliphatic heterocycles. The summed E-state index contributed by atoms with van der Waals surface area (Å²) >= 11 is 3.18. The van der Waals surface area contributed by atoms with Crippen molar-refractivity contribution in [3.05, 3.63) is 52.4 Å². The lowest BCUT2D eigenvalue weighted by Crippen LogP contribution is -2.02. The van der Waals surface area contributed by atoms with Crippen molar-refractivity contribution in [2.45, 2.75) is 6.61 Å². The highest BCUT2D eigenvalue weighted by atomic mass is 79.9. The summed E-state index contributed by atoms with van der Waals surface area (Å²) in [5.41, 5.74) is 0.137. The zero-order chi connectivity index (χ0) is 12.3. The molecule has 0 fully saturated rings. The Morgan fingerprint density at radius 3 is 2.71 bits per heavy atom. The first-order chi connectivity index (χ1) is 8.16. The van der Waals surface area contributed by atoms with Crippen LogP contribution < -0.4 is 4.74 Å². The van der Waals surface area contributed by atoms with E-state index in [1.807, 2.05) is 0 Å². The van der Waals surface area contributed by atoms with E-state index < -0.39 is 5.97 Å². The topological polar surface area (TPSA) is 59.7 Å². The predicted molar refractivity (Wildman–Crippen MR) is 64.1 cm³/mol. The van der Waals surface area contributed by atoms with Crippen LogP contribution in [-0.2, 0) is 6.61 Å². The molecule has 88 valence electrons. The second-order valence-corrected chi connectivity index (χ2v) is 4.08. The summed E-state index contributed by atoms with van der Waals surface area (Å²) in [6, 6.07) is 9.99. The fourth-order valence-corrected chi connectivity index (χ4v) is 1.69. The Hall–Kier alpha value is -1.75. The molecule has 4 nitrogen and oxygen atoms in total. The van der Waals surface area contributed by atoms with Crippen LogP contribution in [0.15, 0.2) is 45.5 Å². The minimum atomic E-state index is -1.01. The summed E-state index contributed by atoms with van der Waals surface area (Å²) in [5, 5.41) is 8.96. The number of aromatic carboxylic acids is 1. The molecule has 2 rings (SSSR count). The van der Waals surface area contributed by atoms with Gasteiger partial charge >= 0.3 is 5.97 Å². The van der Waals surface area contributed by atoms with Crippen LogP contribution in [0.5, 0.6) is 5.75 Å². The van der Waals surface area contributed by atoms with Crippen molar-refractivity contribution in [2.24, 2.45) is 0 Å². The molecule has 0 atom stereocenters. The molecule has 2 aromatic rings. The van der Waals surface area contributed by atoms with Gasteiger partial charge < -0.3 is 14.3 Å². The van der Waals surface area contributed by atoms with Crippen molar-refractivity contribution >= 4 is 21.9 Å². The van der Waals surface area contributed by atoms with E-state index in [1.165, 1.54) is 6.07 Å². The highest BCUT2D eigenvalue weighted by molar-refractivity contribution is 9.10. The normalized spacial score (nSPS) is 10.2. The third kappa shape index (κ3) is 2.88. The van der Waals surface area contributed by atoms with Crippen molar-refractivity contribution in [2.75, 3.05) is 0 Å². The van der Waals surface area contributed by atoms with Crippen LogP contribution in [0.2, 0.25) is 0 Å². The van der Waals surface area contributed by atoms with E-state index in [2.05, 4.69) is 15.9 Å². The first-order valence-electron chi connectivity index (χ1n) is 4.86. The minimum absolute atomic E-state index is 0.137. The molecule has 0 bridgehead atoms. The average Bonchev–Trinajstić information content (AvgIpc) is 2.73. The zero-order valence-electron chi connectivity index (χ0n) is 8.72. The zero-order valence-corrected chi connectivity index (χ0v) is 10.3. The number of hydrogen-bond donors (Lipinski definition) is 1. The molecule has 0 saturated heterocycles. The number of benzene rings is 1. The van der Waals surface area contributed by atoms with Gasteiger partial charge in [0.1, 0.15) is 23.7 Å². The van der Waals surface area contributed by atoms with Crippen LogP contribution in [0.25, 0.3) is 0 Å². The maximum Gasteiger partial charge on any atom is 0.339 e. The quantitative estimate of drug-likeness (QED) is 0.940. The van der Waals surface area contributed by atoms with E-state index in [9.17, 15) is 4.79 Å². The monoisotopic (exact) mass is 296 g/mol. The van der Waals surface area contributed by atoms with Gasteiger partial charge in [-0.15, -0.1) is 0 Å². The number of ether oxygens (including phenoxy) is 1. The Labute approximate surface area is 106 Å². The third-order valence-electron chi connectivity index (χ3n) is 2.12. The number of carbonyl (C=O) groups is 1. The van der Waals surface area contributed by atoms with E-state index in [4.69, 9.17) is 14.3 Å². The molecule has 1 aromatic heterocycles. The summed E-state index contributed by atoms with van der Waals surface area (Å²) in [6.45, 7) is 0.190. The third-order valence-corrected chi connectivity index (χ3v) is 2.54. The number of furan rings is 1. The maximum atomic E-state index is 10.9. The van der Waals surface area contributed by atoms with Gasteiger partial charge in [-0.05, 0) is 40.2 Å². The summed E-state index contributed by atoms with van der Waals surface area (Å²) < 4.78 is 11.3. The average molecular weight is 297 g/mol. The van der Waals surface area contributed by atoms with Crippen LogP contribution in [0, 0.1) is 0 Å². The molecule has 17 heavy (non-hydrogen) atoms. The number of halogens is 1. The Morgan fingerprint density at radius 1 is 1.29 bits per heavy atom. The lowest BCUT2D eigenvalue weighted by Gasteiger charge is -2.06. The van der Waals surface area contributed by atoms with Crippen LogP contribution in [-0.4, -0.2) is 11.1 Å². The molecule has 0 radical (unpaired) electrons. The maximum absolute atomic E-state index is 10.9. The second-order valence-electron chi connectivity index (χ2n) is 3.30. The molecule has 1 aromatic carbocycles. The van der Waals surface area contributed by atoms with Gasteiger partial charge in [0.2, 0.25) is 0 Å². The van der Waals surface area contributed by atoms with Gasteiger partial charge in [-0.25, -0.2) is 4.79 Å².